The Morgan fingerprint density at radius 1 is 1.80 bits per heavy atom. The summed E-state index contributed by atoms with van der Waals surface area (Å²) >= 11 is 0. The molecule has 0 aromatic heterocycles. The molecule has 3 N–H and O–H groups in total. The van der Waals surface area contributed by atoms with E-state index in [2.05, 4.69) is 0 Å². The lowest BCUT2D eigenvalue weighted by Crippen LogP contribution is -2.43. The van der Waals surface area contributed by atoms with Gasteiger partial charge in [0.2, 0.25) is 5.91 Å². The van der Waals surface area contributed by atoms with Crippen LogP contribution in [0.15, 0.2) is 0 Å². The minimum Gasteiger partial charge on any atom is -0.391 e. The molecule has 10 heavy (non-hydrogen) atoms. The van der Waals surface area contributed by atoms with Crippen LogP contribution in [-0.2, 0) is 4.79 Å². The zero-order chi connectivity index (χ0) is 7.72. The summed E-state index contributed by atoms with van der Waals surface area (Å²) in [5.74, 6) is -0.437. The van der Waals surface area contributed by atoms with Gasteiger partial charge in [-0.25, -0.2) is 0 Å². The summed E-state index contributed by atoms with van der Waals surface area (Å²) in [5, 5.41) is 9.19. The van der Waals surface area contributed by atoms with E-state index in [0.29, 0.717) is 6.42 Å². The number of aliphatic hydroxyl groups excluding tert-OH is 1. The monoisotopic (exact) mass is 144 g/mol. The molecule has 0 aliphatic carbocycles. The number of carbonyl (C=O) groups excluding carboxylic acids is 1. The number of amides is 1. The molecule has 58 valence electrons. The van der Waals surface area contributed by atoms with Crippen LogP contribution >= 0.6 is 0 Å². The Kier molecular flexibility index (Phi) is 1.92. The Balaban J connectivity index is 2.63. The van der Waals surface area contributed by atoms with E-state index in [1.54, 1.807) is 11.9 Å². The summed E-state index contributed by atoms with van der Waals surface area (Å²) < 4.78 is 0. The number of aliphatic hydroxyl groups is 1. The summed E-state index contributed by atoms with van der Waals surface area (Å²) in [4.78, 5) is 12.4. The topological polar surface area (TPSA) is 66.6 Å². The number of likely N-dealkylation sites (N-methyl/N-ethyl adjacent to an activating group) is 1. The maximum atomic E-state index is 10.6. The van der Waals surface area contributed by atoms with Crippen molar-refractivity contribution >= 4 is 5.91 Å². The van der Waals surface area contributed by atoms with Crippen molar-refractivity contribution in [3.05, 3.63) is 0 Å². The van der Waals surface area contributed by atoms with Crippen LogP contribution in [0.4, 0.5) is 0 Å². The highest BCUT2D eigenvalue weighted by Gasteiger charge is 2.34. The molecule has 1 saturated heterocycles. The number of primary amides is 1. The van der Waals surface area contributed by atoms with E-state index in [4.69, 9.17) is 5.73 Å². The lowest BCUT2D eigenvalue weighted by molar-refractivity contribution is -0.124. The second-order valence-corrected chi connectivity index (χ2v) is 2.68. The Morgan fingerprint density at radius 2 is 2.40 bits per heavy atom. The second-order valence-electron chi connectivity index (χ2n) is 2.68. The summed E-state index contributed by atoms with van der Waals surface area (Å²) in [6.45, 7) is 0.745. The summed E-state index contributed by atoms with van der Waals surface area (Å²) in [7, 11) is 1.78. The van der Waals surface area contributed by atoms with Gasteiger partial charge in [0, 0.05) is 6.54 Å². The van der Waals surface area contributed by atoms with Crippen LogP contribution in [0.3, 0.4) is 0 Å². The molecule has 1 rings (SSSR count). The number of nitrogens with zero attached hydrogens (tertiary/aromatic N) is 1. The lowest BCUT2D eigenvalue weighted by Gasteiger charge is -2.17. The first-order valence-corrected chi connectivity index (χ1v) is 3.30. The molecule has 1 aliphatic heterocycles. The molecule has 2 unspecified atom stereocenters. The standard InChI is InChI=1S/C6H12N2O2/c1-8-3-2-4(9)5(8)6(7)10/h4-5,9H,2-3H2,1H3,(H2,7,10). The quantitative estimate of drug-likeness (QED) is 0.472. The average Bonchev–Trinajstić information content (AvgIpc) is 2.11. The molecule has 4 nitrogen and oxygen atoms in total. The molecule has 4 heteroatoms. The lowest BCUT2D eigenvalue weighted by atomic mass is 10.2. The van der Waals surface area contributed by atoms with Gasteiger partial charge in [0.25, 0.3) is 0 Å². The number of nitrogens with two attached hydrogens (primary N) is 1. The van der Waals surface area contributed by atoms with Crippen LogP contribution < -0.4 is 5.73 Å². The van der Waals surface area contributed by atoms with Crippen LogP contribution in [0.25, 0.3) is 0 Å². The smallest absolute Gasteiger partial charge is 0.237 e. The predicted octanol–water partition coefficient (Wildman–Crippen LogP) is -1.46. The van der Waals surface area contributed by atoms with E-state index >= 15 is 0 Å². The van der Waals surface area contributed by atoms with Crippen LogP contribution in [0, 0.1) is 0 Å². The van der Waals surface area contributed by atoms with Gasteiger partial charge >= 0.3 is 0 Å². The van der Waals surface area contributed by atoms with Crippen LogP contribution in [-0.4, -0.2) is 41.7 Å². The van der Waals surface area contributed by atoms with E-state index in [-0.39, 0.29) is 0 Å². The number of hydrogen-bond acceptors (Lipinski definition) is 3. The van der Waals surface area contributed by atoms with Gasteiger partial charge in [-0.05, 0) is 13.5 Å². The van der Waals surface area contributed by atoms with Crippen molar-refractivity contribution in [2.75, 3.05) is 13.6 Å². The molecule has 0 aromatic rings. The van der Waals surface area contributed by atoms with E-state index in [1.165, 1.54) is 0 Å². The highest BCUT2D eigenvalue weighted by atomic mass is 16.3. The van der Waals surface area contributed by atoms with E-state index < -0.39 is 18.1 Å². The first-order chi connectivity index (χ1) is 4.63. The summed E-state index contributed by atoms with van der Waals surface area (Å²) in [5.41, 5.74) is 5.04. The maximum Gasteiger partial charge on any atom is 0.237 e. The molecule has 0 bridgehead atoms. The van der Waals surface area contributed by atoms with E-state index in [0.717, 1.165) is 6.54 Å². The molecule has 1 heterocycles. The number of hydrogen-bond donors (Lipinski definition) is 2. The Labute approximate surface area is 59.6 Å². The minimum atomic E-state index is -0.567. The van der Waals surface area contributed by atoms with E-state index in [9.17, 15) is 9.90 Å². The van der Waals surface area contributed by atoms with Crippen LogP contribution in [0.5, 0.6) is 0 Å². The van der Waals surface area contributed by atoms with E-state index in [1.807, 2.05) is 0 Å². The summed E-state index contributed by atoms with van der Waals surface area (Å²) in [6.07, 6.45) is 0.0758. The van der Waals surface area contributed by atoms with Crippen molar-refractivity contribution in [2.24, 2.45) is 5.73 Å². The zero-order valence-electron chi connectivity index (χ0n) is 5.95. The molecule has 1 aliphatic rings. The number of rotatable bonds is 1. The third-order valence-corrected chi connectivity index (χ3v) is 1.91. The zero-order valence-corrected chi connectivity index (χ0v) is 5.95. The maximum absolute atomic E-state index is 10.6. The molecule has 0 saturated carbocycles. The largest absolute Gasteiger partial charge is 0.391 e. The fourth-order valence-electron chi connectivity index (χ4n) is 1.33. The van der Waals surface area contributed by atoms with Gasteiger partial charge in [-0.3, -0.25) is 9.69 Å². The first kappa shape index (κ1) is 7.50. The predicted molar refractivity (Wildman–Crippen MR) is 36.2 cm³/mol. The van der Waals surface area contributed by atoms with Gasteiger partial charge in [0.15, 0.2) is 0 Å². The Morgan fingerprint density at radius 3 is 2.60 bits per heavy atom. The molecule has 0 spiro atoms. The minimum absolute atomic E-state index is 0.437. The SMILES string of the molecule is CN1CCC(O)C1C(N)=O. The molecule has 0 aromatic carbocycles. The first-order valence-electron chi connectivity index (χ1n) is 3.30. The van der Waals surface area contributed by atoms with Gasteiger partial charge < -0.3 is 10.8 Å². The third-order valence-electron chi connectivity index (χ3n) is 1.91. The summed E-state index contributed by atoms with van der Waals surface area (Å²) in [6, 6.07) is -0.472. The van der Waals surface area contributed by atoms with Gasteiger partial charge in [0.05, 0.1) is 6.10 Å². The van der Waals surface area contributed by atoms with Gasteiger partial charge in [-0.2, -0.15) is 0 Å². The molecule has 2 atom stereocenters. The fraction of sp³-hybridized carbons (Fsp3) is 0.833. The van der Waals surface area contributed by atoms with Crippen molar-refractivity contribution in [3.63, 3.8) is 0 Å². The Hall–Kier alpha value is -0.610. The van der Waals surface area contributed by atoms with Crippen molar-refractivity contribution < 1.29 is 9.90 Å². The number of likely N-dealkylation sites (tertiary alicyclic amines) is 1. The van der Waals surface area contributed by atoms with Gasteiger partial charge in [-0.15, -0.1) is 0 Å². The molecule has 0 radical (unpaired) electrons. The molecular formula is C6H12N2O2. The third kappa shape index (κ3) is 1.12. The number of carbonyl (C=O) groups is 1. The van der Waals surface area contributed by atoms with Crippen LogP contribution in [0.2, 0.25) is 0 Å². The Bertz CT molecular complexity index is 139. The molecular weight excluding hydrogens is 132 g/mol. The normalized spacial score (nSPS) is 34.6. The van der Waals surface area contributed by atoms with Crippen molar-refractivity contribution in [2.45, 2.75) is 18.6 Å². The van der Waals surface area contributed by atoms with Crippen molar-refractivity contribution in [1.82, 2.24) is 4.90 Å². The van der Waals surface area contributed by atoms with Gasteiger partial charge in [0.1, 0.15) is 6.04 Å². The molecule has 1 fully saturated rings. The molecule has 1 amide bonds. The van der Waals surface area contributed by atoms with Crippen LogP contribution in [0.1, 0.15) is 6.42 Å². The highest BCUT2D eigenvalue weighted by molar-refractivity contribution is 5.80. The van der Waals surface area contributed by atoms with Crippen molar-refractivity contribution in [3.8, 4) is 0 Å². The second kappa shape index (κ2) is 2.56. The fourth-order valence-corrected chi connectivity index (χ4v) is 1.33. The van der Waals surface area contributed by atoms with Crippen molar-refractivity contribution in [1.29, 1.82) is 0 Å². The average molecular weight is 144 g/mol. The van der Waals surface area contributed by atoms with Gasteiger partial charge in [-0.1, -0.05) is 0 Å². The highest BCUT2D eigenvalue weighted by Crippen LogP contribution is 2.14.